The van der Waals surface area contributed by atoms with Crippen molar-refractivity contribution in [3.8, 4) is 0 Å². The molecule has 136 valence electrons. The van der Waals surface area contributed by atoms with Gasteiger partial charge in [0.2, 0.25) is 5.91 Å². The predicted octanol–water partition coefficient (Wildman–Crippen LogP) is 4.34. The predicted molar refractivity (Wildman–Crippen MR) is 107 cm³/mol. The van der Waals surface area contributed by atoms with E-state index in [9.17, 15) is 9.59 Å². The summed E-state index contributed by atoms with van der Waals surface area (Å²) in [5.41, 5.74) is 4.42. The average molecular weight is 360 g/mol. The number of rotatable bonds is 5. The summed E-state index contributed by atoms with van der Waals surface area (Å²) in [5.74, 6) is -0.451. The Bertz CT molecular complexity index is 985. The minimum Gasteiger partial charge on any atom is -0.354 e. The molecule has 3 N–H and O–H groups in total. The number of aromatic nitrogens is 1. The number of hydrogen-bond donors (Lipinski definition) is 3. The number of carbonyl (C=O) groups is 2. The second kappa shape index (κ2) is 8.14. The lowest BCUT2D eigenvalue weighted by atomic mass is 10.2. The van der Waals surface area contributed by atoms with Gasteiger partial charge >= 0.3 is 0 Å². The molecule has 1 aromatic heterocycles. The summed E-state index contributed by atoms with van der Waals surface area (Å²) in [6.07, 6.45) is 3.17. The van der Waals surface area contributed by atoms with E-state index in [-0.39, 0.29) is 11.8 Å². The molecule has 2 aromatic carbocycles. The Morgan fingerprint density at radius 3 is 2.26 bits per heavy atom. The summed E-state index contributed by atoms with van der Waals surface area (Å²) in [6, 6.07) is 16.6. The maximum absolute atomic E-state index is 12.5. The topological polar surface area (TPSA) is 83.1 Å². The van der Waals surface area contributed by atoms with E-state index in [2.05, 4.69) is 20.9 Å². The van der Waals surface area contributed by atoms with Crippen LogP contribution in [0.5, 0.6) is 0 Å². The highest BCUT2D eigenvalue weighted by Gasteiger charge is 2.09. The summed E-state index contributed by atoms with van der Waals surface area (Å²) in [4.78, 5) is 27.8. The molecular weight excluding hydrogens is 340 g/mol. The van der Waals surface area contributed by atoms with Gasteiger partial charge < -0.3 is 16.0 Å². The maximum Gasteiger partial charge on any atom is 0.257 e. The van der Waals surface area contributed by atoms with E-state index in [0.717, 1.165) is 16.9 Å². The first kappa shape index (κ1) is 18.1. The number of carbonyl (C=O) groups excluding carboxylic acids is 2. The third kappa shape index (κ3) is 5.15. The van der Waals surface area contributed by atoms with Crippen molar-refractivity contribution in [1.29, 1.82) is 0 Å². The van der Waals surface area contributed by atoms with Gasteiger partial charge in [-0.05, 0) is 48.9 Å². The van der Waals surface area contributed by atoms with Gasteiger partial charge in [0.05, 0.1) is 17.4 Å². The van der Waals surface area contributed by atoms with Gasteiger partial charge in [-0.3, -0.25) is 14.6 Å². The fourth-order valence-electron chi connectivity index (χ4n) is 2.60. The molecule has 0 unspecified atom stereocenters. The van der Waals surface area contributed by atoms with Gasteiger partial charge in [0.25, 0.3) is 5.91 Å². The summed E-state index contributed by atoms with van der Waals surface area (Å²) >= 11 is 0. The van der Waals surface area contributed by atoms with Crippen molar-refractivity contribution in [2.45, 2.75) is 13.8 Å². The van der Waals surface area contributed by atoms with Crippen molar-refractivity contribution < 1.29 is 9.59 Å². The zero-order valence-corrected chi connectivity index (χ0v) is 15.1. The van der Waals surface area contributed by atoms with E-state index >= 15 is 0 Å². The number of aryl methyl sites for hydroxylation is 1. The van der Waals surface area contributed by atoms with Crippen LogP contribution in [0, 0.1) is 6.92 Å². The zero-order chi connectivity index (χ0) is 19.2. The number of nitrogens with zero attached hydrogens (tertiary/aromatic N) is 1. The third-order valence-corrected chi connectivity index (χ3v) is 3.75. The number of pyridine rings is 1. The van der Waals surface area contributed by atoms with Crippen LogP contribution < -0.4 is 16.0 Å². The van der Waals surface area contributed by atoms with Crippen LogP contribution in [0.1, 0.15) is 22.8 Å². The Morgan fingerprint density at radius 1 is 0.815 bits per heavy atom. The van der Waals surface area contributed by atoms with Gasteiger partial charge in [0, 0.05) is 30.2 Å². The number of amides is 2. The van der Waals surface area contributed by atoms with Gasteiger partial charge in [0.1, 0.15) is 0 Å². The van der Waals surface area contributed by atoms with Crippen molar-refractivity contribution in [3.63, 3.8) is 0 Å². The van der Waals surface area contributed by atoms with Crippen LogP contribution in [0.4, 0.5) is 22.7 Å². The average Bonchev–Trinajstić information content (AvgIpc) is 2.62. The summed E-state index contributed by atoms with van der Waals surface area (Å²) in [6.45, 7) is 3.45. The molecule has 27 heavy (non-hydrogen) atoms. The summed E-state index contributed by atoms with van der Waals surface area (Å²) in [7, 11) is 0. The van der Waals surface area contributed by atoms with E-state index in [1.807, 2.05) is 31.2 Å². The van der Waals surface area contributed by atoms with Crippen LogP contribution in [-0.4, -0.2) is 16.8 Å². The Balaban J connectivity index is 1.73. The van der Waals surface area contributed by atoms with E-state index < -0.39 is 0 Å². The molecule has 0 fully saturated rings. The molecule has 0 aliphatic heterocycles. The van der Waals surface area contributed by atoms with Crippen LogP contribution in [0.2, 0.25) is 0 Å². The molecule has 6 heteroatoms. The second-order valence-corrected chi connectivity index (χ2v) is 6.17. The smallest absolute Gasteiger partial charge is 0.257 e. The first-order chi connectivity index (χ1) is 13.0. The highest BCUT2D eigenvalue weighted by molar-refractivity contribution is 6.05. The summed E-state index contributed by atoms with van der Waals surface area (Å²) in [5, 5.41) is 8.75. The molecule has 3 aromatic rings. The van der Waals surface area contributed by atoms with Crippen molar-refractivity contribution in [3.05, 3.63) is 78.1 Å². The third-order valence-electron chi connectivity index (χ3n) is 3.75. The lowest BCUT2D eigenvalue weighted by Gasteiger charge is -2.10. The van der Waals surface area contributed by atoms with E-state index in [1.54, 1.807) is 36.5 Å². The fourth-order valence-corrected chi connectivity index (χ4v) is 2.60. The highest BCUT2D eigenvalue weighted by Crippen LogP contribution is 2.19. The van der Waals surface area contributed by atoms with Gasteiger partial charge in [-0.15, -0.1) is 0 Å². The molecule has 0 saturated heterocycles. The molecule has 0 radical (unpaired) electrons. The van der Waals surface area contributed by atoms with E-state index in [0.29, 0.717) is 16.9 Å². The number of anilines is 4. The fraction of sp³-hybridized carbons (Fsp3) is 0.0952. The maximum atomic E-state index is 12.5. The van der Waals surface area contributed by atoms with Gasteiger partial charge in [0.15, 0.2) is 0 Å². The number of benzene rings is 2. The molecule has 0 atom stereocenters. The molecule has 1 heterocycles. The Labute approximate surface area is 157 Å². The molecule has 0 spiro atoms. The molecule has 0 aliphatic rings. The molecule has 6 nitrogen and oxygen atoms in total. The lowest BCUT2D eigenvalue weighted by molar-refractivity contribution is -0.114. The Hall–Kier alpha value is -3.67. The van der Waals surface area contributed by atoms with Crippen molar-refractivity contribution in [1.82, 2.24) is 4.98 Å². The van der Waals surface area contributed by atoms with Crippen LogP contribution >= 0.6 is 0 Å². The first-order valence-corrected chi connectivity index (χ1v) is 8.47. The zero-order valence-electron chi connectivity index (χ0n) is 15.1. The largest absolute Gasteiger partial charge is 0.354 e. The Morgan fingerprint density at radius 2 is 1.52 bits per heavy atom. The van der Waals surface area contributed by atoms with Crippen molar-refractivity contribution in [2.75, 3.05) is 16.0 Å². The monoisotopic (exact) mass is 360 g/mol. The molecule has 2 amide bonds. The summed E-state index contributed by atoms with van der Waals surface area (Å²) < 4.78 is 0. The van der Waals surface area contributed by atoms with E-state index in [4.69, 9.17) is 0 Å². The van der Waals surface area contributed by atoms with Crippen LogP contribution in [-0.2, 0) is 4.79 Å². The molecule has 3 rings (SSSR count). The van der Waals surface area contributed by atoms with Crippen LogP contribution in [0.3, 0.4) is 0 Å². The SMILES string of the molecule is CC(=O)Nc1cccc(NC(=O)c2cncc(Nc3cccc(C)c3)c2)c1. The van der Waals surface area contributed by atoms with E-state index in [1.165, 1.54) is 13.1 Å². The lowest BCUT2D eigenvalue weighted by Crippen LogP contribution is -2.13. The minimum atomic E-state index is -0.282. The van der Waals surface area contributed by atoms with Crippen molar-refractivity contribution >= 4 is 34.6 Å². The number of hydrogen-bond acceptors (Lipinski definition) is 4. The molecule has 0 bridgehead atoms. The molecular formula is C21H20N4O2. The first-order valence-electron chi connectivity index (χ1n) is 8.47. The van der Waals surface area contributed by atoms with Crippen LogP contribution in [0.15, 0.2) is 67.0 Å². The second-order valence-electron chi connectivity index (χ2n) is 6.17. The minimum absolute atomic E-state index is 0.169. The molecule has 0 aliphatic carbocycles. The Kier molecular flexibility index (Phi) is 5.47. The standard InChI is InChI=1S/C21H20N4O2/c1-14-5-3-6-17(9-14)24-20-10-16(12-22-13-20)21(27)25-19-8-4-7-18(11-19)23-15(2)26/h3-13,24H,1-2H3,(H,23,26)(H,25,27). The van der Waals surface area contributed by atoms with Gasteiger partial charge in [-0.1, -0.05) is 18.2 Å². The number of nitrogens with one attached hydrogen (secondary N) is 3. The van der Waals surface area contributed by atoms with Crippen molar-refractivity contribution in [2.24, 2.45) is 0 Å². The van der Waals surface area contributed by atoms with Crippen LogP contribution in [0.25, 0.3) is 0 Å². The van der Waals surface area contributed by atoms with Gasteiger partial charge in [-0.25, -0.2) is 0 Å². The highest BCUT2D eigenvalue weighted by atomic mass is 16.2. The quantitative estimate of drug-likeness (QED) is 0.632. The molecule has 0 saturated carbocycles. The normalized spacial score (nSPS) is 10.1. The van der Waals surface area contributed by atoms with Gasteiger partial charge in [-0.2, -0.15) is 0 Å².